The lowest BCUT2D eigenvalue weighted by molar-refractivity contribution is 0.479. The third-order valence-corrected chi connectivity index (χ3v) is 5.47. The summed E-state index contributed by atoms with van der Waals surface area (Å²) < 4.78 is 33.3. The van der Waals surface area contributed by atoms with E-state index in [2.05, 4.69) is 15.8 Å². The van der Waals surface area contributed by atoms with Gasteiger partial charge >= 0.3 is 0 Å². The highest BCUT2D eigenvalue weighted by Gasteiger charge is 2.14. The summed E-state index contributed by atoms with van der Waals surface area (Å²) in [5.41, 5.74) is 3.11. The van der Waals surface area contributed by atoms with Crippen LogP contribution >= 0.6 is 0 Å². The summed E-state index contributed by atoms with van der Waals surface area (Å²) in [6.45, 7) is 5.47. The summed E-state index contributed by atoms with van der Waals surface area (Å²) >= 11 is 0. The number of nitrogens with one attached hydrogen (secondary N) is 1. The molecule has 0 saturated heterocycles. The van der Waals surface area contributed by atoms with Gasteiger partial charge in [0.2, 0.25) is 0 Å². The monoisotopic (exact) mass is 393 g/mol. The number of pyridine rings is 1. The molecule has 1 heterocycles. The predicted molar refractivity (Wildman–Crippen MR) is 107 cm³/mol. The zero-order valence-corrected chi connectivity index (χ0v) is 16.5. The Labute approximate surface area is 164 Å². The van der Waals surface area contributed by atoms with Crippen LogP contribution in [0.25, 0.3) is 0 Å². The highest BCUT2D eigenvalue weighted by molar-refractivity contribution is 7.92. The fourth-order valence-electron chi connectivity index (χ4n) is 2.66. The predicted octanol–water partition coefficient (Wildman–Crippen LogP) is 4.47. The van der Waals surface area contributed by atoms with Gasteiger partial charge in [-0.1, -0.05) is 17.7 Å². The van der Waals surface area contributed by atoms with Crippen LogP contribution in [0.5, 0.6) is 11.5 Å². The average Bonchev–Trinajstić information content (AvgIpc) is 2.63. The smallest absolute Gasteiger partial charge is 0.261 e. The molecule has 0 saturated carbocycles. The number of ether oxygens (including phenoxy) is 1. The van der Waals surface area contributed by atoms with Crippen molar-refractivity contribution in [1.82, 2.24) is 4.98 Å². The zero-order chi connectivity index (χ0) is 20.3. The standard InChI is InChI=1S/C21H19N3O3S/c1-14-4-10-19(11-5-14)28(25,26)24-17-6-8-18(9-7-17)27-21-12-15(2)23-16(3)20(21)13-22/h4-12,24H,1-3H3. The van der Waals surface area contributed by atoms with Crippen molar-refractivity contribution in [2.45, 2.75) is 25.7 Å². The Balaban J connectivity index is 1.79. The van der Waals surface area contributed by atoms with Crippen molar-refractivity contribution in [1.29, 1.82) is 5.26 Å². The minimum Gasteiger partial charge on any atom is -0.456 e. The van der Waals surface area contributed by atoms with Crippen LogP contribution in [-0.2, 0) is 10.0 Å². The van der Waals surface area contributed by atoms with E-state index in [4.69, 9.17) is 4.74 Å². The molecule has 0 aliphatic rings. The van der Waals surface area contributed by atoms with Gasteiger partial charge in [-0.3, -0.25) is 9.71 Å². The zero-order valence-electron chi connectivity index (χ0n) is 15.7. The molecule has 6 nitrogen and oxygen atoms in total. The Kier molecular flexibility index (Phi) is 5.34. The van der Waals surface area contributed by atoms with Gasteiger partial charge < -0.3 is 4.74 Å². The first-order valence-electron chi connectivity index (χ1n) is 8.54. The van der Waals surface area contributed by atoms with Gasteiger partial charge in [-0.2, -0.15) is 5.26 Å². The van der Waals surface area contributed by atoms with E-state index < -0.39 is 10.0 Å². The molecule has 0 aliphatic carbocycles. The number of sulfonamides is 1. The maximum Gasteiger partial charge on any atom is 0.261 e. The summed E-state index contributed by atoms with van der Waals surface area (Å²) in [4.78, 5) is 4.45. The lowest BCUT2D eigenvalue weighted by Gasteiger charge is -2.11. The lowest BCUT2D eigenvalue weighted by atomic mass is 10.2. The Hall–Kier alpha value is -3.37. The third kappa shape index (κ3) is 4.30. The maximum atomic E-state index is 12.5. The fourth-order valence-corrected chi connectivity index (χ4v) is 3.72. The van der Waals surface area contributed by atoms with E-state index in [0.29, 0.717) is 28.4 Å². The molecular weight excluding hydrogens is 374 g/mol. The second-order valence-electron chi connectivity index (χ2n) is 6.38. The molecule has 0 unspecified atom stereocenters. The van der Waals surface area contributed by atoms with Gasteiger partial charge in [0.1, 0.15) is 23.1 Å². The van der Waals surface area contributed by atoms with E-state index >= 15 is 0 Å². The molecule has 2 aromatic carbocycles. The van der Waals surface area contributed by atoms with Gasteiger partial charge in [0.15, 0.2) is 0 Å². The number of hydrogen-bond acceptors (Lipinski definition) is 5. The van der Waals surface area contributed by atoms with Crippen LogP contribution in [-0.4, -0.2) is 13.4 Å². The van der Waals surface area contributed by atoms with E-state index in [-0.39, 0.29) is 4.90 Å². The number of hydrogen-bond donors (Lipinski definition) is 1. The summed E-state index contributed by atoms with van der Waals surface area (Å²) in [6.07, 6.45) is 0. The van der Waals surface area contributed by atoms with E-state index in [1.54, 1.807) is 61.5 Å². The molecule has 0 atom stereocenters. The number of aryl methyl sites for hydroxylation is 3. The largest absolute Gasteiger partial charge is 0.456 e. The van der Waals surface area contributed by atoms with Gasteiger partial charge in [-0.05, 0) is 57.2 Å². The quantitative estimate of drug-likeness (QED) is 0.690. The fraction of sp³-hybridized carbons (Fsp3) is 0.143. The molecular formula is C21H19N3O3S. The van der Waals surface area contributed by atoms with Gasteiger partial charge in [-0.15, -0.1) is 0 Å². The molecule has 0 bridgehead atoms. The molecule has 1 aromatic heterocycles. The lowest BCUT2D eigenvalue weighted by Crippen LogP contribution is -2.12. The molecule has 3 rings (SSSR count). The molecule has 0 fully saturated rings. The molecule has 142 valence electrons. The Morgan fingerprint density at radius 1 is 1.00 bits per heavy atom. The van der Waals surface area contributed by atoms with E-state index in [1.165, 1.54) is 0 Å². The molecule has 0 aliphatic heterocycles. The minimum absolute atomic E-state index is 0.194. The number of benzene rings is 2. The second kappa shape index (κ2) is 7.71. The molecule has 28 heavy (non-hydrogen) atoms. The number of aromatic nitrogens is 1. The first kappa shape index (κ1) is 19.4. The van der Waals surface area contributed by atoms with E-state index in [9.17, 15) is 13.7 Å². The topological polar surface area (TPSA) is 92.1 Å². The van der Waals surface area contributed by atoms with Crippen molar-refractivity contribution in [2.24, 2.45) is 0 Å². The van der Waals surface area contributed by atoms with Gasteiger partial charge in [0, 0.05) is 17.4 Å². The van der Waals surface area contributed by atoms with Gasteiger partial charge in [-0.25, -0.2) is 8.42 Å². The first-order valence-corrected chi connectivity index (χ1v) is 10.0. The van der Waals surface area contributed by atoms with Crippen LogP contribution in [0.4, 0.5) is 5.69 Å². The highest BCUT2D eigenvalue weighted by atomic mass is 32.2. The highest BCUT2D eigenvalue weighted by Crippen LogP contribution is 2.28. The van der Waals surface area contributed by atoms with Gasteiger partial charge in [0.05, 0.1) is 10.6 Å². The van der Waals surface area contributed by atoms with Crippen LogP contribution in [0.15, 0.2) is 59.5 Å². The van der Waals surface area contributed by atoms with Crippen molar-refractivity contribution in [3.63, 3.8) is 0 Å². The van der Waals surface area contributed by atoms with Crippen LogP contribution in [0.3, 0.4) is 0 Å². The second-order valence-corrected chi connectivity index (χ2v) is 8.06. The number of nitriles is 1. The summed E-state index contributed by atoms with van der Waals surface area (Å²) in [7, 11) is -3.67. The molecule has 7 heteroatoms. The van der Waals surface area contributed by atoms with Crippen LogP contribution in [0.1, 0.15) is 22.5 Å². The van der Waals surface area contributed by atoms with Gasteiger partial charge in [0.25, 0.3) is 10.0 Å². The molecule has 0 spiro atoms. The summed E-state index contributed by atoms with van der Waals surface area (Å²) in [5.74, 6) is 0.903. The van der Waals surface area contributed by atoms with Crippen LogP contribution < -0.4 is 9.46 Å². The molecule has 0 amide bonds. The van der Waals surface area contributed by atoms with Crippen molar-refractivity contribution < 1.29 is 13.2 Å². The Morgan fingerprint density at radius 3 is 2.25 bits per heavy atom. The first-order chi connectivity index (χ1) is 13.3. The summed E-state index contributed by atoms with van der Waals surface area (Å²) in [6, 6.07) is 16.9. The normalized spacial score (nSPS) is 10.9. The van der Waals surface area contributed by atoms with Crippen molar-refractivity contribution in [3.05, 3.63) is 77.1 Å². The maximum absolute atomic E-state index is 12.5. The van der Waals surface area contributed by atoms with Crippen molar-refractivity contribution in [2.75, 3.05) is 4.72 Å². The van der Waals surface area contributed by atoms with E-state index in [0.717, 1.165) is 11.3 Å². The number of rotatable bonds is 5. The average molecular weight is 393 g/mol. The van der Waals surface area contributed by atoms with Crippen LogP contribution in [0.2, 0.25) is 0 Å². The third-order valence-electron chi connectivity index (χ3n) is 4.07. The minimum atomic E-state index is -3.67. The molecule has 3 aromatic rings. The number of nitrogens with zero attached hydrogens (tertiary/aromatic N) is 2. The molecule has 1 N–H and O–H groups in total. The Morgan fingerprint density at radius 2 is 1.64 bits per heavy atom. The van der Waals surface area contributed by atoms with Crippen LogP contribution in [0, 0.1) is 32.1 Å². The SMILES string of the molecule is Cc1ccc(S(=O)(=O)Nc2ccc(Oc3cc(C)nc(C)c3C#N)cc2)cc1. The summed E-state index contributed by atoms with van der Waals surface area (Å²) in [5, 5.41) is 9.32. The molecule has 0 radical (unpaired) electrons. The van der Waals surface area contributed by atoms with E-state index in [1.807, 2.05) is 13.8 Å². The number of anilines is 1. The van der Waals surface area contributed by atoms with Crippen molar-refractivity contribution in [3.8, 4) is 17.6 Å². The Bertz CT molecular complexity index is 1150. The van der Waals surface area contributed by atoms with Crippen molar-refractivity contribution >= 4 is 15.7 Å².